The monoisotopic (exact) mass is 364 g/mol. The van der Waals surface area contributed by atoms with Gasteiger partial charge in [-0.2, -0.15) is 0 Å². The maximum atomic E-state index is 12.5. The molecular weight excluding hydrogens is 344 g/mol. The summed E-state index contributed by atoms with van der Waals surface area (Å²) in [5.74, 6) is -0.281. The molecule has 0 unspecified atom stereocenters. The van der Waals surface area contributed by atoms with E-state index in [1.54, 1.807) is 23.7 Å². The van der Waals surface area contributed by atoms with Crippen LogP contribution in [0.4, 0.5) is 0 Å². The lowest BCUT2D eigenvalue weighted by molar-refractivity contribution is -0.0742. The van der Waals surface area contributed by atoms with Crippen LogP contribution >= 0.6 is 11.3 Å². The minimum atomic E-state index is -0.370. The zero-order valence-electron chi connectivity index (χ0n) is 13.8. The van der Waals surface area contributed by atoms with E-state index in [9.17, 15) is 9.90 Å². The van der Waals surface area contributed by atoms with Crippen LogP contribution in [-0.2, 0) is 16.1 Å². The molecule has 1 saturated heterocycles. The number of carbonyl (C=O) groups is 1. The molecule has 1 aromatic carbocycles. The van der Waals surface area contributed by atoms with Crippen LogP contribution in [0, 0.1) is 0 Å². The van der Waals surface area contributed by atoms with Gasteiger partial charge in [-0.3, -0.25) is 4.79 Å². The highest BCUT2D eigenvalue weighted by molar-refractivity contribution is 7.07. The number of thiazole rings is 1. The number of hydrogen-bond acceptors (Lipinski definition) is 7. The van der Waals surface area contributed by atoms with Gasteiger partial charge in [0, 0.05) is 12.0 Å². The summed E-state index contributed by atoms with van der Waals surface area (Å²) in [7, 11) is 1.44. The predicted octanol–water partition coefficient (Wildman–Crippen LogP) is 1.96. The first-order valence-corrected chi connectivity index (χ1v) is 8.86. The van der Waals surface area contributed by atoms with E-state index in [4.69, 9.17) is 14.2 Å². The van der Waals surface area contributed by atoms with E-state index >= 15 is 0 Å². The van der Waals surface area contributed by atoms with E-state index in [0.717, 1.165) is 5.69 Å². The van der Waals surface area contributed by atoms with E-state index in [2.05, 4.69) is 10.3 Å². The van der Waals surface area contributed by atoms with Crippen LogP contribution in [0.25, 0.3) is 0 Å². The Kier molecular flexibility index (Phi) is 5.85. The summed E-state index contributed by atoms with van der Waals surface area (Å²) >= 11 is 1.51. The molecule has 8 heteroatoms. The third-order valence-corrected chi connectivity index (χ3v) is 4.65. The predicted molar refractivity (Wildman–Crippen MR) is 92.0 cm³/mol. The second-order valence-corrected chi connectivity index (χ2v) is 6.35. The zero-order chi connectivity index (χ0) is 17.6. The molecule has 0 aliphatic carbocycles. The summed E-state index contributed by atoms with van der Waals surface area (Å²) in [5, 5.41) is 15.0. The SMILES string of the molecule is COc1cccc(C(=O)N[C@@H]2CCOC[C@H]2OCc2cscn2)c1O. The highest BCUT2D eigenvalue weighted by atomic mass is 32.1. The first-order valence-electron chi connectivity index (χ1n) is 7.92. The van der Waals surface area contributed by atoms with Crippen LogP contribution in [0.15, 0.2) is 29.1 Å². The zero-order valence-corrected chi connectivity index (χ0v) is 14.6. The Morgan fingerprint density at radius 3 is 3.16 bits per heavy atom. The molecule has 134 valence electrons. The molecule has 2 heterocycles. The summed E-state index contributed by atoms with van der Waals surface area (Å²) in [6.07, 6.45) is 0.366. The molecule has 0 bridgehead atoms. The molecule has 1 aliphatic rings. The minimum absolute atomic E-state index is 0.170. The number of aromatic nitrogens is 1. The summed E-state index contributed by atoms with van der Waals surface area (Å²) in [6, 6.07) is 4.61. The maximum Gasteiger partial charge on any atom is 0.255 e. The van der Waals surface area contributed by atoms with Crippen molar-refractivity contribution in [3.8, 4) is 11.5 Å². The van der Waals surface area contributed by atoms with Crippen molar-refractivity contribution in [2.45, 2.75) is 25.2 Å². The summed E-state index contributed by atoms with van der Waals surface area (Å²) in [4.78, 5) is 16.7. The number of methoxy groups -OCH3 is 1. The second-order valence-electron chi connectivity index (χ2n) is 5.63. The number of benzene rings is 1. The summed E-state index contributed by atoms with van der Waals surface area (Å²) < 4.78 is 16.4. The molecule has 1 amide bonds. The Morgan fingerprint density at radius 2 is 2.40 bits per heavy atom. The van der Waals surface area contributed by atoms with Gasteiger partial charge in [0.2, 0.25) is 0 Å². The number of rotatable bonds is 6. The average Bonchev–Trinajstić information content (AvgIpc) is 3.14. The molecule has 0 radical (unpaired) electrons. The molecule has 3 rings (SSSR count). The van der Waals surface area contributed by atoms with Gasteiger partial charge < -0.3 is 24.6 Å². The number of nitrogens with one attached hydrogen (secondary N) is 1. The minimum Gasteiger partial charge on any atom is -0.504 e. The smallest absolute Gasteiger partial charge is 0.255 e. The van der Waals surface area contributed by atoms with Crippen LogP contribution < -0.4 is 10.1 Å². The van der Waals surface area contributed by atoms with E-state index in [1.165, 1.54) is 18.4 Å². The number of carbonyl (C=O) groups excluding carboxylic acids is 1. The number of phenols is 1. The Hall–Kier alpha value is -2.16. The van der Waals surface area contributed by atoms with Crippen LogP contribution in [0.1, 0.15) is 22.5 Å². The standard InChI is InChI=1S/C17H20N2O5S/c1-22-14-4-2-3-12(16(14)20)17(21)19-13-5-6-23-8-15(13)24-7-11-9-25-10-18-11/h2-4,9-10,13,15,20H,5-8H2,1H3,(H,19,21)/t13-,15-/m1/s1. The second kappa shape index (κ2) is 8.28. The topological polar surface area (TPSA) is 89.9 Å². The van der Waals surface area contributed by atoms with Crippen molar-refractivity contribution < 1.29 is 24.1 Å². The van der Waals surface area contributed by atoms with Gasteiger partial charge in [0.05, 0.1) is 43.1 Å². The number of phenolic OH excluding ortho intramolecular Hbond substituents is 1. The lowest BCUT2D eigenvalue weighted by atomic mass is 10.0. The van der Waals surface area contributed by atoms with E-state index < -0.39 is 0 Å². The van der Waals surface area contributed by atoms with Crippen LogP contribution in [0.2, 0.25) is 0 Å². The Labute approximate surface area is 149 Å². The van der Waals surface area contributed by atoms with Crippen molar-refractivity contribution in [3.05, 3.63) is 40.3 Å². The highest BCUT2D eigenvalue weighted by Crippen LogP contribution is 2.29. The lowest BCUT2D eigenvalue weighted by Crippen LogP contribution is -2.50. The van der Waals surface area contributed by atoms with Crippen molar-refractivity contribution in [2.75, 3.05) is 20.3 Å². The molecular formula is C17H20N2O5S. The molecule has 25 heavy (non-hydrogen) atoms. The fourth-order valence-corrected chi connectivity index (χ4v) is 3.20. The first-order chi connectivity index (χ1) is 12.2. The van der Waals surface area contributed by atoms with Gasteiger partial charge >= 0.3 is 0 Å². The fraction of sp³-hybridized carbons (Fsp3) is 0.412. The number of para-hydroxylation sites is 1. The molecule has 2 N–H and O–H groups in total. The van der Waals surface area contributed by atoms with Gasteiger partial charge in [0.25, 0.3) is 5.91 Å². The number of aromatic hydroxyl groups is 1. The van der Waals surface area contributed by atoms with Crippen molar-refractivity contribution in [2.24, 2.45) is 0 Å². The van der Waals surface area contributed by atoms with Crippen LogP contribution in [0.3, 0.4) is 0 Å². The number of amides is 1. The highest BCUT2D eigenvalue weighted by Gasteiger charge is 2.29. The third kappa shape index (κ3) is 4.28. The number of nitrogens with zero attached hydrogens (tertiary/aromatic N) is 1. The van der Waals surface area contributed by atoms with Crippen LogP contribution in [0.5, 0.6) is 11.5 Å². The van der Waals surface area contributed by atoms with Gasteiger partial charge in [-0.1, -0.05) is 6.07 Å². The molecule has 2 aromatic rings. The Balaban J connectivity index is 1.65. The Morgan fingerprint density at radius 1 is 1.52 bits per heavy atom. The van der Waals surface area contributed by atoms with E-state index in [1.807, 2.05) is 5.38 Å². The molecule has 1 aliphatic heterocycles. The van der Waals surface area contributed by atoms with Crippen molar-refractivity contribution in [1.82, 2.24) is 10.3 Å². The van der Waals surface area contributed by atoms with Gasteiger partial charge in [0.1, 0.15) is 6.10 Å². The number of ether oxygens (including phenoxy) is 3. The Bertz CT molecular complexity index is 707. The van der Waals surface area contributed by atoms with Gasteiger partial charge in [-0.15, -0.1) is 11.3 Å². The molecule has 1 fully saturated rings. The molecule has 0 spiro atoms. The normalized spacial score (nSPS) is 20.2. The first kappa shape index (κ1) is 17.7. The summed E-state index contributed by atoms with van der Waals surface area (Å²) in [5.41, 5.74) is 2.77. The third-order valence-electron chi connectivity index (χ3n) is 4.01. The molecule has 1 aromatic heterocycles. The molecule has 0 saturated carbocycles. The maximum absolute atomic E-state index is 12.5. The average molecular weight is 364 g/mol. The molecule has 2 atom stereocenters. The largest absolute Gasteiger partial charge is 0.504 e. The fourth-order valence-electron chi connectivity index (χ4n) is 2.66. The van der Waals surface area contributed by atoms with Gasteiger partial charge in [-0.05, 0) is 18.6 Å². The van der Waals surface area contributed by atoms with Crippen molar-refractivity contribution in [3.63, 3.8) is 0 Å². The van der Waals surface area contributed by atoms with E-state index in [0.29, 0.717) is 26.2 Å². The van der Waals surface area contributed by atoms with Crippen molar-refractivity contribution >= 4 is 17.2 Å². The number of hydrogen-bond donors (Lipinski definition) is 2. The van der Waals surface area contributed by atoms with Crippen molar-refractivity contribution in [1.29, 1.82) is 0 Å². The molecule has 7 nitrogen and oxygen atoms in total. The quantitative estimate of drug-likeness (QED) is 0.814. The van der Waals surface area contributed by atoms with Gasteiger partial charge in [0.15, 0.2) is 11.5 Å². The van der Waals surface area contributed by atoms with Crippen LogP contribution in [-0.4, -0.2) is 48.5 Å². The lowest BCUT2D eigenvalue weighted by Gasteiger charge is -2.32. The van der Waals surface area contributed by atoms with Gasteiger partial charge in [-0.25, -0.2) is 4.98 Å². The van der Waals surface area contributed by atoms with E-state index in [-0.39, 0.29) is 35.1 Å². The summed E-state index contributed by atoms with van der Waals surface area (Å²) in [6.45, 7) is 1.32.